The fourth-order valence-electron chi connectivity index (χ4n) is 3.40. The highest BCUT2D eigenvalue weighted by molar-refractivity contribution is 5.46. The first-order valence-electron chi connectivity index (χ1n) is 7.78. The fourth-order valence-corrected chi connectivity index (χ4v) is 3.40. The lowest BCUT2D eigenvalue weighted by Gasteiger charge is -2.27. The van der Waals surface area contributed by atoms with Gasteiger partial charge in [0.1, 0.15) is 5.65 Å². The Morgan fingerprint density at radius 2 is 2.24 bits per heavy atom. The number of hydrogen-bond acceptors (Lipinski definition) is 3. The summed E-state index contributed by atoms with van der Waals surface area (Å²) in [6.45, 7) is 8.44. The summed E-state index contributed by atoms with van der Waals surface area (Å²) >= 11 is 0. The number of rotatable bonds is 3. The maximum absolute atomic E-state index is 12.2. The summed E-state index contributed by atoms with van der Waals surface area (Å²) in [4.78, 5) is 19.4. The van der Waals surface area contributed by atoms with E-state index in [9.17, 15) is 4.79 Å². The number of pyridine rings is 1. The first kappa shape index (κ1) is 14.3. The lowest BCUT2D eigenvalue weighted by atomic mass is 10.0. The second-order valence-corrected chi connectivity index (χ2v) is 6.39. The summed E-state index contributed by atoms with van der Waals surface area (Å²) in [5.41, 5.74) is 2.72. The van der Waals surface area contributed by atoms with Crippen molar-refractivity contribution < 1.29 is 0 Å². The summed E-state index contributed by atoms with van der Waals surface area (Å²) in [6, 6.07) is 6.18. The highest BCUT2D eigenvalue weighted by Gasteiger charge is 2.27. The van der Waals surface area contributed by atoms with Gasteiger partial charge in [0.25, 0.3) is 5.56 Å². The maximum Gasteiger partial charge on any atom is 0.258 e. The SMILES string of the molecule is Cc1cccn2c(=O)cc(CN3CCCC3C(C)C)nc12. The fraction of sp³-hybridized carbons (Fsp3) is 0.529. The highest BCUT2D eigenvalue weighted by Crippen LogP contribution is 2.25. The van der Waals surface area contributed by atoms with Crippen LogP contribution in [0.15, 0.2) is 29.2 Å². The van der Waals surface area contributed by atoms with Crippen molar-refractivity contribution in [3.8, 4) is 0 Å². The van der Waals surface area contributed by atoms with E-state index in [0.29, 0.717) is 12.0 Å². The molecule has 112 valence electrons. The molecule has 1 unspecified atom stereocenters. The molecule has 0 saturated carbocycles. The van der Waals surface area contributed by atoms with Crippen LogP contribution >= 0.6 is 0 Å². The number of fused-ring (bicyclic) bond motifs is 1. The van der Waals surface area contributed by atoms with Crippen LogP contribution in [0.1, 0.15) is 37.9 Å². The monoisotopic (exact) mass is 285 g/mol. The molecular formula is C17H23N3O. The molecule has 21 heavy (non-hydrogen) atoms. The Morgan fingerprint density at radius 1 is 1.43 bits per heavy atom. The molecule has 0 radical (unpaired) electrons. The topological polar surface area (TPSA) is 37.6 Å². The molecule has 1 aliphatic heterocycles. The Balaban J connectivity index is 1.95. The van der Waals surface area contributed by atoms with E-state index in [1.54, 1.807) is 16.7 Å². The van der Waals surface area contributed by atoms with Gasteiger partial charge in [-0.2, -0.15) is 0 Å². The normalized spacial score (nSPS) is 19.7. The van der Waals surface area contributed by atoms with Gasteiger partial charge < -0.3 is 0 Å². The number of hydrogen-bond donors (Lipinski definition) is 0. The van der Waals surface area contributed by atoms with Crippen LogP contribution < -0.4 is 5.56 Å². The van der Waals surface area contributed by atoms with Crippen LogP contribution in [0.4, 0.5) is 0 Å². The number of nitrogens with zero attached hydrogens (tertiary/aromatic N) is 3. The van der Waals surface area contributed by atoms with Crippen LogP contribution in [0.25, 0.3) is 5.65 Å². The zero-order chi connectivity index (χ0) is 15.0. The van der Waals surface area contributed by atoms with E-state index in [1.165, 1.54) is 12.8 Å². The molecule has 1 aliphatic rings. The van der Waals surface area contributed by atoms with Crippen LogP contribution in [0.3, 0.4) is 0 Å². The van der Waals surface area contributed by atoms with Crippen LogP contribution in [0.2, 0.25) is 0 Å². The van der Waals surface area contributed by atoms with Crippen molar-refractivity contribution in [3.05, 3.63) is 46.0 Å². The van der Waals surface area contributed by atoms with E-state index in [0.717, 1.165) is 30.0 Å². The summed E-state index contributed by atoms with van der Waals surface area (Å²) < 4.78 is 1.63. The van der Waals surface area contributed by atoms with Gasteiger partial charge in [-0.3, -0.25) is 14.1 Å². The Hall–Kier alpha value is -1.68. The minimum Gasteiger partial charge on any atom is -0.294 e. The summed E-state index contributed by atoms with van der Waals surface area (Å²) in [6.07, 6.45) is 4.28. The van der Waals surface area contributed by atoms with Gasteiger partial charge >= 0.3 is 0 Å². The number of aryl methyl sites for hydroxylation is 1. The predicted octanol–water partition coefficient (Wildman–Crippen LogP) is 2.62. The van der Waals surface area contributed by atoms with Gasteiger partial charge in [-0.25, -0.2) is 4.98 Å². The molecule has 3 heterocycles. The van der Waals surface area contributed by atoms with E-state index >= 15 is 0 Å². The van der Waals surface area contributed by atoms with E-state index in [-0.39, 0.29) is 5.56 Å². The molecule has 0 bridgehead atoms. The molecule has 0 aromatic carbocycles. The zero-order valence-corrected chi connectivity index (χ0v) is 13.0. The summed E-state index contributed by atoms with van der Waals surface area (Å²) in [7, 11) is 0. The Bertz CT molecular complexity index is 705. The molecule has 2 aromatic rings. The van der Waals surface area contributed by atoms with Crippen molar-refractivity contribution in [2.24, 2.45) is 5.92 Å². The minimum absolute atomic E-state index is 0.0130. The van der Waals surface area contributed by atoms with Gasteiger partial charge in [0.05, 0.1) is 5.69 Å². The van der Waals surface area contributed by atoms with Crippen molar-refractivity contribution in [2.45, 2.75) is 46.2 Å². The summed E-state index contributed by atoms with van der Waals surface area (Å²) in [5, 5.41) is 0. The molecular weight excluding hydrogens is 262 g/mol. The quantitative estimate of drug-likeness (QED) is 0.870. The second kappa shape index (κ2) is 5.60. The molecule has 0 amide bonds. The van der Waals surface area contributed by atoms with E-state index in [4.69, 9.17) is 4.98 Å². The number of likely N-dealkylation sites (tertiary alicyclic amines) is 1. The van der Waals surface area contributed by atoms with Crippen LogP contribution in [0.5, 0.6) is 0 Å². The Kier molecular flexibility index (Phi) is 3.81. The highest BCUT2D eigenvalue weighted by atomic mass is 16.1. The van der Waals surface area contributed by atoms with Crippen molar-refractivity contribution in [1.82, 2.24) is 14.3 Å². The lowest BCUT2D eigenvalue weighted by molar-refractivity contribution is 0.197. The van der Waals surface area contributed by atoms with Gasteiger partial charge in [-0.15, -0.1) is 0 Å². The third-order valence-corrected chi connectivity index (χ3v) is 4.49. The largest absolute Gasteiger partial charge is 0.294 e. The third-order valence-electron chi connectivity index (χ3n) is 4.49. The van der Waals surface area contributed by atoms with Gasteiger partial charge in [-0.1, -0.05) is 19.9 Å². The second-order valence-electron chi connectivity index (χ2n) is 6.39. The molecule has 2 aromatic heterocycles. The molecule has 1 fully saturated rings. The van der Waals surface area contributed by atoms with Gasteiger partial charge in [0.15, 0.2) is 0 Å². The van der Waals surface area contributed by atoms with E-state index < -0.39 is 0 Å². The van der Waals surface area contributed by atoms with Crippen LogP contribution in [0, 0.1) is 12.8 Å². The Labute approximate surface area is 125 Å². The molecule has 3 rings (SSSR count). The summed E-state index contributed by atoms with van der Waals surface area (Å²) in [5.74, 6) is 0.649. The van der Waals surface area contributed by atoms with E-state index in [2.05, 4.69) is 18.7 Å². The van der Waals surface area contributed by atoms with Gasteiger partial charge in [0.2, 0.25) is 0 Å². The molecule has 1 atom stereocenters. The molecule has 0 aliphatic carbocycles. The average Bonchev–Trinajstić information content (AvgIpc) is 2.88. The van der Waals surface area contributed by atoms with Crippen molar-refractivity contribution in [1.29, 1.82) is 0 Å². The molecule has 4 heteroatoms. The standard InChI is InChI=1S/C17H23N3O/c1-12(2)15-7-5-8-19(15)11-14-10-16(21)20-9-4-6-13(3)17(20)18-14/h4,6,9-10,12,15H,5,7-8,11H2,1-3H3. The van der Waals surface area contributed by atoms with Crippen molar-refractivity contribution >= 4 is 5.65 Å². The minimum atomic E-state index is 0.0130. The molecule has 1 saturated heterocycles. The van der Waals surface area contributed by atoms with E-state index in [1.807, 2.05) is 19.1 Å². The van der Waals surface area contributed by atoms with Crippen LogP contribution in [-0.4, -0.2) is 26.9 Å². The molecule has 0 N–H and O–H groups in total. The predicted molar refractivity (Wildman–Crippen MR) is 84.5 cm³/mol. The first-order valence-corrected chi connectivity index (χ1v) is 7.78. The van der Waals surface area contributed by atoms with Crippen molar-refractivity contribution in [3.63, 3.8) is 0 Å². The molecule has 0 spiro atoms. The first-order chi connectivity index (χ1) is 10.1. The lowest BCUT2D eigenvalue weighted by Crippen LogP contribution is -2.33. The van der Waals surface area contributed by atoms with Crippen LogP contribution in [-0.2, 0) is 6.54 Å². The smallest absolute Gasteiger partial charge is 0.258 e. The zero-order valence-electron chi connectivity index (χ0n) is 13.0. The van der Waals surface area contributed by atoms with Gasteiger partial charge in [0, 0.05) is 24.8 Å². The Morgan fingerprint density at radius 3 is 3.00 bits per heavy atom. The average molecular weight is 285 g/mol. The number of aromatic nitrogens is 2. The maximum atomic E-state index is 12.2. The third kappa shape index (κ3) is 2.72. The van der Waals surface area contributed by atoms with Gasteiger partial charge in [-0.05, 0) is 43.9 Å². The van der Waals surface area contributed by atoms with Crippen molar-refractivity contribution in [2.75, 3.05) is 6.54 Å². The molecule has 4 nitrogen and oxygen atoms in total.